The average Bonchev–Trinajstić information content (AvgIpc) is 2.22. The first kappa shape index (κ1) is 14.8. The van der Waals surface area contributed by atoms with Crippen molar-refractivity contribution in [2.45, 2.75) is 6.92 Å². The molecule has 1 aromatic heterocycles. The second kappa shape index (κ2) is 5.56. The molecule has 1 nitrogen and oxygen atoms in total. The van der Waals surface area contributed by atoms with E-state index in [0.717, 1.165) is 5.02 Å². The van der Waals surface area contributed by atoms with E-state index < -0.39 is 7.25 Å². The molecule has 0 aliphatic carbocycles. The SMILES string of the molecule is Cc1ccc2ccc(Cl)cc2[n+]1C.F[B-](F)(F)F. The first-order chi connectivity index (χ1) is 8.18. The number of nitrogens with zero attached hydrogens (tertiary/aromatic N) is 1. The summed E-state index contributed by atoms with van der Waals surface area (Å²) in [4.78, 5) is 0. The fourth-order valence-electron chi connectivity index (χ4n) is 1.46. The summed E-state index contributed by atoms with van der Waals surface area (Å²) in [6, 6.07) is 10.2. The Balaban J connectivity index is 0.000000280. The lowest BCUT2D eigenvalue weighted by Gasteiger charge is -1.99. The molecule has 0 saturated carbocycles. The van der Waals surface area contributed by atoms with E-state index in [9.17, 15) is 17.3 Å². The van der Waals surface area contributed by atoms with Gasteiger partial charge in [-0.25, -0.2) is 0 Å². The molecule has 0 bridgehead atoms. The van der Waals surface area contributed by atoms with Gasteiger partial charge in [0.25, 0.3) is 0 Å². The molecule has 1 aromatic carbocycles. The van der Waals surface area contributed by atoms with Crippen LogP contribution in [-0.4, -0.2) is 7.25 Å². The standard InChI is InChI=1S/C11H11ClN.BF4/c1-8-3-4-9-5-6-10(12)7-11(9)13(8)2;2-1(3,4)5/h3-7H,1-2H3;/q+1;-1. The number of rotatable bonds is 0. The zero-order valence-electron chi connectivity index (χ0n) is 9.80. The van der Waals surface area contributed by atoms with Crippen LogP contribution in [0.3, 0.4) is 0 Å². The van der Waals surface area contributed by atoms with Crippen molar-refractivity contribution in [3.05, 3.63) is 41.0 Å². The zero-order valence-corrected chi connectivity index (χ0v) is 10.6. The van der Waals surface area contributed by atoms with E-state index in [1.807, 2.05) is 25.2 Å². The monoisotopic (exact) mass is 279 g/mol. The second-order valence-corrected chi connectivity index (χ2v) is 4.17. The number of aryl methyl sites for hydroxylation is 2. The summed E-state index contributed by atoms with van der Waals surface area (Å²) in [6.45, 7) is 2.08. The summed E-state index contributed by atoms with van der Waals surface area (Å²) in [5.41, 5.74) is 2.40. The van der Waals surface area contributed by atoms with Crippen LogP contribution in [0.4, 0.5) is 17.3 Å². The van der Waals surface area contributed by atoms with Crippen molar-refractivity contribution in [2.24, 2.45) is 7.05 Å². The van der Waals surface area contributed by atoms with Crippen LogP contribution in [0.25, 0.3) is 10.9 Å². The lowest BCUT2D eigenvalue weighted by molar-refractivity contribution is -0.651. The molecule has 0 saturated heterocycles. The maximum Gasteiger partial charge on any atom is 0.673 e. The molecule has 0 fully saturated rings. The van der Waals surface area contributed by atoms with Crippen LogP contribution in [0, 0.1) is 6.92 Å². The lowest BCUT2D eigenvalue weighted by atomic mass is 10.2. The minimum absolute atomic E-state index is 0.786. The third-order valence-corrected chi connectivity index (χ3v) is 2.62. The topological polar surface area (TPSA) is 3.88 Å². The van der Waals surface area contributed by atoms with Gasteiger partial charge in [0.05, 0.1) is 0 Å². The van der Waals surface area contributed by atoms with Crippen LogP contribution in [0.5, 0.6) is 0 Å². The highest BCUT2D eigenvalue weighted by Crippen LogP contribution is 2.16. The first-order valence-electron chi connectivity index (χ1n) is 5.10. The largest absolute Gasteiger partial charge is 0.673 e. The molecule has 0 spiro atoms. The smallest absolute Gasteiger partial charge is 0.418 e. The summed E-state index contributed by atoms with van der Waals surface area (Å²) in [5.74, 6) is 0. The number of hydrogen-bond acceptors (Lipinski definition) is 0. The van der Waals surface area contributed by atoms with Crippen molar-refractivity contribution in [3.63, 3.8) is 0 Å². The second-order valence-electron chi connectivity index (χ2n) is 3.73. The molecule has 2 rings (SSSR count). The highest BCUT2D eigenvalue weighted by atomic mass is 35.5. The van der Waals surface area contributed by atoms with Crippen LogP contribution in [0.2, 0.25) is 5.02 Å². The molecule has 0 atom stereocenters. The predicted molar refractivity (Wildman–Crippen MR) is 65.1 cm³/mol. The van der Waals surface area contributed by atoms with Crippen molar-refractivity contribution in [3.8, 4) is 0 Å². The molecule has 0 aliphatic heterocycles. The van der Waals surface area contributed by atoms with Crippen LogP contribution in [0.1, 0.15) is 5.69 Å². The van der Waals surface area contributed by atoms with Crippen molar-refractivity contribution < 1.29 is 21.8 Å². The van der Waals surface area contributed by atoms with Crippen molar-refractivity contribution >= 4 is 29.8 Å². The Kier molecular flexibility index (Phi) is 4.56. The molecule has 0 amide bonds. The van der Waals surface area contributed by atoms with Gasteiger partial charge in [-0.3, -0.25) is 0 Å². The van der Waals surface area contributed by atoms with E-state index in [1.165, 1.54) is 16.6 Å². The van der Waals surface area contributed by atoms with Crippen LogP contribution >= 0.6 is 11.6 Å². The Bertz CT molecular complexity index is 545. The third kappa shape index (κ3) is 4.53. The lowest BCUT2D eigenvalue weighted by Crippen LogP contribution is -2.32. The van der Waals surface area contributed by atoms with Gasteiger partial charge in [0.2, 0.25) is 5.52 Å². The first-order valence-corrected chi connectivity index (χ1v) is 5.48. The summed E-state index contributed by atoms with van der Waals surface area (Å²) in [7, 11) is -3.95. The van der Waals surface area contributed by atoms with Crippen molar-refractivity contribution in [1.29, 1.82) is 0 Å². The summed E-state index contributed by atoms with van der Waals surface area (Å²) in [5, 5.41) is 2.01. The molecule has 0 radical (unpaired) electrons. The van der Waals surface area contributed by atoms with Gasteiger partial charge in [0.15, 0.2) is 5.69 Å². The Morgan fingerprint density at radius 1 is 1.06 bits per heavy atom. The minimum atomic E-state index is -6.00. The Morgan fingerprint density at radius 3 is 2.11 bits per heavy atom. The molecule has 98 valence electrons. The maximum atomic E-state index is 9.75. The van der Waals surface area contributed by atoms with E-state index in [4.69, 9.17) is 11.6 Å². The van der Waals surface area contributed by atoms with Crippen molar-refractivity contribution in [2.75, 3.05) is 0 Å². The van der Waals surface area contributed by atoms with Crippen LogP contribution in [-0.2, 0) is 7.05 Å². The fraction of sp³-hybridized carbons (Fsp3) is 0.182. The number of halogens is 5. The maximum absolute atomic E-state index is 9.75. The number of pyridine rings is 1. The van der Waals surface area contributed by atoms with Crippen molar-refractivity contribution in [1.82, 2.24) is 0 Å². The van der Waals surface area contributed by atoms with Gasteiger partial charge in [-0.05, 0) is 18.2 Å². The number of fused-ring (bicyclic) bond motifs is 1. The minimum Gasteiger partial charge on any atom is -0.418 e. The van der Waals surface area contributed by atoms with Gasteiger partial charge in [-0.15, -0.1) is 0 Å². The fourth-order valence-corrected chi connectivity index (χ4v) is 1.63. The summed E-state index contributed by atoms with van der Waals surface area (Å²) >= 11 is 5.93. The van der Waals surface area contributed by atoms with E-state index in [1.54, 1.807) is 0 Å². The molecule has 0 unspecified atom stereocenters. The summed E-state index contributed by atoms with van der Waals surface area (Å²) in [6.07, 6.45) is 0. The third-order valence-electron chi connectivity index (χ3n) is 2.39. The highest BCUT2D eigenvalue weighted by Gasteiger charge is 2.20. The number of benzene rings is 1. The molecular weight excluding hydrogens is 268 g/mol. The summed E-state index contributed by atoms with van der Waals surface area (Å²) < 4.78 is 41.1. The molecule has 18 heavy (non-hydrogen) atoms. The molecule has 1 heterocycles. The Morgan fingerprint density at radius 2 is 1.56 bits per heavy atom. The molecule has 0 aliphatic rings. The van der Waals surface area contributed by atoms with Gasteiger partial charge < -0.3 is 17.3 Å². The van der Waals surface area contributed by atoms with Gasteiger partial charge in [-0.2, -0.15) is 4.57 Å². The molecule has 7 heteroatoms. The number of aromatic nitrogens is 1. The zero-order chi connectivity index (χ0) is 13.9. The van der Waals surface area contributed by atoms with Gasteiger partial charge in [0.1, 0.15) is 7.05 Å². The van der Waals surface area contributed by atoms with E-state index >= 15 is 0 Å². The molecular formula is C11H11BClF4N. The number of hydrogen-bond donors (Lipinski definition) is 0. The Labute approximate surface area is 107 Å². The van der Waals surface area contributed by atoms with Gasteiger partial charge >= 0.3 is 7.25 Å². The average molecular weight is 279 g/mol. The molecule has 0 N–H and O–H groups in total. The quantitative estimate of drug-likeness (QED) is 0.391. The van der Waals surface area contributed by atoms with E-state index in [-0.39, 0.29) is 0 Å². The Hall–Kier alpha value is -1.30. The normalized spacial score (nSPS) is 11.1. The van der Waals surface area contributed by atoms with Gasteiger partial charge in [-0.1, -0.05) is 11.6 Å². The van der Waals surface area contributed by atoms with Crippen LogP contribution < -0.4 is 4.57 Å². The van der Waals surface area contributed by atoms with Crippen LogP contribution in [0.15, 0.2) is 30.3 Å². The predicted octanol–water partition coefficient (Wildman–Crippen LogP) is 3.93. The van der Waals surface area contributed by atoms with E-state index in [2.05, 4.69) is 23.6 Å². The van der Waals surface area contributed by atoms with E-state index in [0.29, 0.717) is 0 Å². The van der Waals surface area contributed by atoms with Gasteiger partial charge in [0, 0.05) is 29.5 Å². The molecule has 2 aromatic rings. The highest BCUT2D eigenvalue weighted by molar-refractivity contribution is 6.50.